The van der Waals surface area contributed by atoms with Crippen LogP contribution >= 0.6 is 0 Å². The Morgan fingerprint density at radius 2 is 1.28 bits per heavy atom. The van der Waals surface area contributed by atoms with Crippen LogP contribution in [0.2, 0.25) is 0 Å². The molecule has 0 bridgehead atoms. The Labute approximate surface area is 170 Å². The zero-order valence-corrected chi connectivity index (χ0v) is 16.3. The zero-order chi connectivity index (χ0) is 17.1. The molecule has 10 radical (unpaired) electrons. The third kappa shape index (κ3) is 9.22. The first-order chi connectivity index (χ1) is 11.7. The van der Waals surface area contributed by atoms with E-state index in [4.69, 9.17) is 4.74 Å². The maximum atomic E-state index is 5.38. The monoisotopic (exact) mass is 364 g/mol. The largest absolute Gasteiger partial charge is 4.00 e. The minimum absolute atomic E-state index is 0. The molecule has 1 saturated heterocycles. The molecule has 1 aromatic rings. The van der Waals surface area contributed by atoms with E-state index in [0.717, 1.165) is 11.1 Å². The minimum Gasteiger partial charge on any atom is -0.380 e. The van der Waals surface area contributed by atoms with Crippen molar-refractivity contribution in [2.75, 3.05) is 13.2 Å². The van der Waals surface area contributed by atoms with Gasteiger partial charge in [0.25, 0.3) is 0 Å². The van der Waals surface area contributed by atoms with E-state index in [1.54, 1.807) is 0 Å². The SMILES string of the molecule is [CH2-]C1(C)COCC1=[C-]c1ccccc1.[CH]1[CH][CH][CH][CH]1.[CH]1[CH][CH][CH][CH]1.[Ti+4]. The molecule has 0 amide bonds. The van der Waals surface area contributed by atoms with Crippen LogP contribution < -0.4 is 0 Å². The molecule has 1 heterocycles. The maximum absolute atomic E-state index is 5.38. The third-order valence-electron chi connectivity index (χ3n) is 3.58. The van der Waals surface area contributed by atoms with E-state index >= 15 is 0 Å². The van der Waals surface area contributed by atoms with Crippen molar-refractivity contribution >= 4 is 0 Å². The summed E-state index contributed by atoms with van der Waals surface area (Å²) in [4.78, 5) is 0. The Morgan fingerprint density at radius 1 is 0.840 bits per heavy atom. The Bertz CT molecular complexity index is 445. The van der Waals surface area contributed by atoms with Gasteiger partial charge in [-0.2, -0.15) is 23.8 Å². The molecule has 2 saturated carbocycles. The fourth-order valence-corrected chi connectivity index (χ4v) is 2.16. The smallest absolute Gasteiger partial charge is 0.380 e. The summed E-state index contributed by atoms with van der Waals surface area (Å²) in [6.45, 7) is 7.57. The first-order valence-electron chi connectivity index (χ1n) is 8.13. The van der Waals surface area contributed by atoms with Gasteiger partial charge in [-0.3, -0.25) is 0 Å². The van der Waals surface area contributed by atoms with Crippen LogP contribution in [0.4, 0.5) is 0 Å². The van der Waals surface area contributed by atoms with Crippen LogP contribution in [-0.4, -0.2) is 13.2 Å². The molecule has 2 heteroatoms. The Balaban J connectivity index is 0.000000233. The van der Waals surface area contributed by atoms with Crippen molar-refractivity contribution in [3.63, 3.8) is 0 Å². The van der Waals surface area contributed by atoms with E-state index in [2.05, 4.69) is 19.9 Å². The fourth-order valence-electron chi connectivity index (χ4n) is 2.16. The van der Waals surface area contributed by atoms with Gasteiger partial charge in [0.05, 0.1) is 6.61 Å². The second-order valence-corrected chi connectivity index (χ2v) is 5.95. The molecule has 1 aromatic carbocycles. The van der Waals surface area contributed by atoms with Crippen molar-refractivity contribution in [1.29, 1.82) is 0 Å². The van der Waals surface area contributed by atoms with E-state index < -0.39 is 0 Å². The molecule has 0 spiro atoms. The predicted molar refractivity (Wildman–Crippen MR) is 99.6 cm³/mol. The second-order valence-electron chi connectivity index (χ2n) is 5.95. The predicted octanol–water partition coefficient (Wildman–Crippen LogP) is 4.68. The van der Waals surface area contributed by atoms with Gasteiger partial charge in [0.1, 0.15) is 0 Å². The third-order valence-corrected chi connectivity index (χ3v) is 3.58. The first-order valence-corrected chi connectivity index (χ1v) is 8.13. The number of benzene rings is 1. The molecule has 1 unspecified atom stereocenters. The second kappa shape index (κ2) is 12.9. The summed E-state index contributed by atoms with van der Waals surface area (Å²) in [5.74, 6) is 0. The molecule has 2 aliphatic carbocycles. The van der Waals surface area contributed by atoms with E-state index in [9.17, 15) is 0 Å². The van der Waals surface area contributed by atoms with Crippen molar-refractivity contribution in [3.05, 3.63) is 119 Å². The molecule has 3 aliphatic rings. The maximum Gasteiger partial charge on any atom is 4.00 e. The van der Waals surface area contributed by atoms with Crippen molar-refractivity contribution in [2.45, 2.75) is 6.92 Å². The van der Waals surface area contributed by atoms with Gasteiger partial charge in [-0.25, -0.2) is 0 Å². The molecular weight excluding hydrogens is 340 g/mol. The van der Waals surface area contributed by atoms with Crippen molar-refractivity contribution in [1.82, 2.24) is 0 Å². The van der Waals surface area contributed by atoms with Crippen LogP contribution in [0.1, 0.15) is 12.5 Å². The molecule has 25 heavy (non-hydrogen) atoms. The van der Waals surface area contributed by atoms with E-state index in [1.165, 1.54) is 0 Å². The van der Waals surface area contributed by atoms with Gasteiger partial charge in [0.15, 0.2) is 0 Å². The Hall–Kier alpha value is -0.366. The normalized spacial score (nSPS) is 26.2. The van der Waals surface area contributed by atoms with E-state index in [0.29, 0.717) is 13.2 Å². The molecular formula is C23H24OTi+2. The Kier molecular flexibility index (Phi) is 11.7. The van der Waals surface area contributed by atoms with Crippen LogP contribution in [0.5, 0.6) is 0 Å². The summed E-state index contributed by atoms with van der Waals surface area (Å²) in [5, 5.41) is 0. The van der Waals surface area contributed by atoms with Crippen molar-refractivity contribution < 1.29 is 26.5 Å². The van der Waals surface area contributed by atoms with Gasteiger partial charge in [-0.05, 0) is 64.2 Å². The van der Waals surface area contributed by atoms with Gasteiger partial charge in [-0.15, -0.1) is 23.1 Å². The summed E-state index contributed by atoms with van der Waals surface area (Å²) < 4.78 is 5.38. The summed E-state index contributed by atoms with van der Waals surface area (Å²) >= 11 is 0. The number of ether oxygens (including phenoxy) is 1. The molecule has 3 fully saturated rings. The molecule has 1 nitrogen and oxygen atoms in total. The van der Waals surface area contributed by atoms with Gasteiger partial charge >= 0.3 is 21.7 Å². The van der Waals surface area contributed by atoms with E-state index in [1.807, 2.05) is 94.5 Å². The quantitative estimate of drug-likeness (QED) is 0.520. The van der Waals surface area contributed by atoms with Crippen LogP contribution in [0.15, 0.2) is 35.9 Å². The molecule has 1 aliphatic heterocycles. The topological polar surface area (TPSA) is 9.23 Å². The molecule has 0 aromatic heterocycles. The number of hydrogen-bond acceptors (Lipinski definition) is 1. The van der Waals surface area contributed by atoms with Crippen LogP contribution in [0.25, 0.3) is 0 Å². The summed E-state index contributed by atoms with van der Waals surface area (Å²) in [6.07, 6.45) is 23.4. The summed E-state index contributed by atoms with van der Waals surface area (Å²) in [5.41, 5.74) is 2.15. The van der Waals surface area contributed by atoms with Crippen LogP contribution in [0.3, 0.4) is 0 Å². The van der Waals surface area contributed by atoms with E-state index in [-0.39, 0.29) is 27.1 Å². The fraction of sp³-hybridized carbons (Fsp3) is 0.174. The molecule has 0 N–H and O–H groups in total. The van der Waals surface area contributed by atoms with Crippen molar-refractivity contribution in [2.24, 2.45) is 5.41 Å². The summed E-state index contributed by atoms with van der Waals surface area (Å²) in [6, 6.07) is 10.1. The van der Waals surface area contributed by atoms with Gasteiger partial charge in [0.2, 0.25) is 0 Å². The number of hydrogen-bond donors (Lipinski definition) is 0. The van der Waals surface area contributed by atoms with Crippen LogP contribution in [-0.2, 0) is 26.5 Å². The van der Waals surface area contributed by atoms with Crippen LogP contribution in [0, 0.1) is 82.6 Å². The first kappa shape index (κ1) is 22.7. The molecule has 1 atom stereocenters. The van der Waals surface area contributed by atoms with Gasteiger partial charge < -0.3 is 11.7 Å². The average Bonchev–Trinajstić information content (AvgIpc) is 3.35. The Morgan fingerprint density at radius 3 is 1.64 bits per heavy atom. The standard InChI is InChI=1S/C13H14O.2C5H5.Ti/c1-13(2)10-14-9-12(13)8-11-6-4-3-5-7-11;2*1-2-4-5-3-1;/h3-7H,1,9-10H2,2H3;2*1-5H;/q-2;;;+4. The zero-order valence-electron chi connectivity index (χ0n) is 14.7. The summed E-state index contributed by atoms with van der Waals surface area (Å²) in [7, 11) is 0. The van der Waals surface area contributed by atoms with Crippen molar-refractivity contribution in [3.8, 4) is 0 Å². The minimum atomic E-state index is -0.101. The molecule has 4 rings (SSSR count). The van der Waals surface area contributed by atoms with Gasteiger partial charge in [0, 0.05) is 6.61 Å². The number of rotatable bonds is 1. The molecule has 124 valence electrons. The average molecular weight is 364 g/mol. The van der Waals surface area contributed by atoms with Gasteiger partial charge in [-0.1, -0.05) is 13.0 Å².